The molecule has 2 atom stereocenters. The Kier molecular flexibility index (Phi) is 5.30. The molecule has 2 heterocycles. The molecule has 5 nitrogen and oxygen atoms in total. The topological polar surface area (TPSA) is 50.8 Å². The van der Waals surface area contributed by atoms with E-state index in [1.807, 2.05) is 4.90 Å². The standard InChI is InChI=1S/C18H26N2O3/c1-22-12-15-9-16(23-2)11-20(15)18(21)8-13-4-3-5-14-10-19-7-6-17(13)14/h3-5,15-16,19H,6-12H2,1-2H3/t15-,16-/m0/s1. The fraction of sp³-hybridized carbons (Fsp3) is 0.611. The SMILES string of the molecule is COC[C@@H]1C[C@H](OC)CN1C(=O)Cc1cccc2c1CCNC2. The Labute approximate surface area is 137 Å². The summed E-state index contributed by atoms with van der Waals surface area (Å²) in [5, 5.41) is 3.39. The molecule has 0 bridgehead atoms. The monoisotopic (exact) mass is 318 g/mol. The molecular weight excluding hydrogens is 292 g/mol. The maximum atomic E-state index is 12.8. The average Bonchev–Trinajstić information content (AvgIpc) is 2.99. The lowest BCUT2D eigenvalue weighted by Gasteiger charge is -2.25. The number of likely N-dealkylation sites (tertiary alicyclic amines) is 1. The number of carbonyl (C=O) groups excluding carboxylic acids is 1. The van der Waals surface area contributed by atoms with Crippen LogP contribution < -0.4 is 5.32 Å². The van der Waals surface area contributed by atoms with Crippen LogP contribution in [0.25, 0.3) is 0 Å². The molecule has 1 N–H and O–H groups in total. The highest BCUT2D eigenvalue weighted by atomic mass is 16.5. The summed E-state index contributed by atoms with van der Waals surface area (Å²) in [7, 11) is 3.40. The lowest BCUT2D eigenvalue weighted by molar-refractivity contribution is -0.132. The molecular formula is C18H26N2O3. The van der Waals surface area contributed by atoms with Gasteiger partial charge in [-0.15, -0.1) is 0 Å². The number of hydrogen-bond donors (Lipinski definition) is 1. The van der Waals surface area contributed by atoms with Crippen LogP contribution >= 0.6 is 0 Å². The Balaban J connectivity index is 1.73. The van der Waals surface area contributed by atoms with Crippen LogP contribution in [0.3, 0.4) is 0 Å². The van der Waals surface area contributed by atoms with Crippen LogP contribution in [0.1, 0.15) is 23.1 Å². The highest BCUT2D eigenvalue weighted by molar-refractivity contribution is 5.80. The van der Waals surface area contributed by atoms with E-state index < -0.39 is 0 Å². The Morgan fingerprint density at radius 1 is 1.39 bits per heavy atom. The van der Waals surface area contributed by atoms with Crippen molar-refractivity contribution in [2.75, 3.05) is 33.9 Å². The number of hydrogen-bond acceptors (Lipinski definition) is 4. The number of fused-ring (bicyclic) bond motifs is 1. The number of rotatable bonds is 5. The zero-order valence-electron chi connectivity index (χ0n) is 14.0. The van der Waals surface area contributed by atoms with E-state index in [1.165, 1.54) is 16.7 Å². The van der Waals surface area contributed by atoms with Crippen molar-refractivity contribution in [1.82, 2.24) is 10.2 Å². The molecule has 0 unspecified atom stereocenters. The van der Waals surface area contributed by atoms with Crippen molar-refractivity contribution in [2.45, 2.75) is 38.0 Å². The van der Waals surface area contributed by atoms with Crippen LogP contribution in [0.15, 0.2) is 18.2 Å². The summed E-state index contributed by atoms with van der Waals surface area (Å²) in [5.41, 5.74) is 3.85. The number of methoxy groups -OCH3 is 2. The largest absolute Gasteiger partial charge is 0.383 e. The van der Waals surface area contributed by atoms with Crippen molar-refractivity contribution >= 4 is 5.91 Å². The van der Waals surface area contributed by atoms with Crippen LogP contribution in [0.2, 0.25) is 0 Å². The molecule has 3 rings (SSSR count). The maximum absolute atomic E-state index is 12.8. The van der Waals surface area contributed by atoms with Crippen molar-refractivity contribution in [1.29, 1.82) is 0 Å². The van der Waals surface area contributed by atoms with Gasteiger partial charge in [0.25, 0.3) is 0 Å². The quantitative estimate of drug-likeness (QED) is 0.884. The normalized spacial score (nSPS) is 23.8. The molecule has 1 saturated heterocycles. The zero-order chi connectivity index (χ0) is 16.2. The minimum atomic E-state index is 0.119. The van der Waals surface area contributed by atoms with Gasteiger partial charge in [-0.25, -0.2) is 0 Å². The third-order valence-corrected chi connectivity index (χ3v) is 4.97. The number of benzene rings is 1. The molecule has 0 spiro atoms. The van der Waals surface area contributed by atoms with Gasteiger partial charge in [0.05, 0.1) is 25.2 Å². The summed E-state index contributed by atoms with van der Waals surface area (Å²) < 4.78 is 10.7. The molecule has 0 aromatic heterocycles. The van der Waals surface area contributed by atoms with Crippen molar-refractivity contribution in [3.8, 4) is 0 Å². The Bertz CT molecular complexity index is 561. The van der Waals surface area contributed by atoms with Crippen LogP contribution in [0.5, 0.6) is 0 Å². The highest BCUT2D eigenvalue weighted by Gasteiger charge is 2.35. The first-order valence-electron chi connectivity index (χ1n) is 8.34. The Morgan fingerprint density at radius 2 is 2.26 bits per heavy atom. The number of nitrogens with zero attached hydrogens (tertiary/aromatic N) is 1. The third-order valence-electron chi connectivity index (χ3n) is 4.97. The number of ether oxygens (including phenoxy) is 2. The summed E-state index contributed by atoms with van der Waals surface area (Å²) in [6, 6.07) is 6.43. The van der Waals surface area contributed by atoms with Crippen LogP contribution in [-0.2, 0) is 33.7 Å². The molecule has 126 valence electrons. The van der Waals surface area contributed by atoms with E-state index in [-0.39, 0.29) is 18.1 Å². The van der Waals surface area contributed by atoms with Crippen molar-refractivity contribution < 1.29 is 14.3 Å². The molecule has 23 heavy (non-hydrogen) atoms. The first-order valence-corrected chi connectivity index (χ1v) is 8.34. The van der Waals surface area contributed by atoms with Crippen molar-refractivity contribution in [3.63, 3.8) is 0 Å². The van der Waals surface area contributed by atoms with Crippen LogP contribution in [0.4, 0.5) is 0 Å². The van der Waals surface area contributed by atoms with E-state index in [2.05, 4.69) is 23.5 Å². The van der Waals surface area contributed by atoms with Gasteiger partial charge in [-0.2, -0.15) is 0 Å². The first-order chi connectivity index (χ1) is 11.2. The molecule has 1 fully saturated rings. The number of amides is 1. The van der Waals surface area contributed by atoms with E-state index in [1.54, 1.807) is 14.2 Å². The highest BCUT2D eigenvalue weighted by Crippen LogP contribution is 2.24. The van der Waals surface area contributed by atoms with E-state index in [4.69, 9.17) is 9.47 Å². The van der Waals surface area contributed by atoms with Gasteiger partial charge in [0.1, 0.15) is 0 Å². The number of nitrogens with one attached hydrogen (secondary N) is 1. The average molecular weight is 318 g/mol. The maximum Gasteiger partial charge on any atom is 0.227 e. The summed E-state index contributed by atoms with van der Waals surface area (Å²) in [4.78, 5) is 14.8. The molecule has 0 aliphatic carbocycles. The molecule has 1 aromatic carbocycles. The van der Waals surface area contributed by atoms with Gasteiger partial charge < -0.3 is 19.7 Å². The van der Waals surface area contributed by atoms with E-state index >= 15 is 0 Å². The second-order valence-electron chi connectivity index (χ2n) is 6.41. The predicted molar refractivity (Wildman–Crippen MR) is 88.3 cm³/mol. The van der Waals surface area contributed by atoms with Gasteiger partial charge in [0.2, 0.25) is 5.91 Å². The lowest BCUT2D eigenvalue weighted by atomic mass is 9.93. The molecule has 1 amide bonds. The molecule has 0 saturated carbocycles. The van der Waals surface area contributed by atoms with Gasteiger partial charge in [-0.1, -0.05) is 18.2 Å². The second-order valence-corrected chi connectivity index (χ2v) is 6.41. The van der Waals surface area contributed by atoms with Crippen molar-refractivity contribution in [3.05, 3.63) is 34.9 Å². The van der Waals surface area contributed by atoms with Gasteiger partial charge >= 0.3 is 0 Å². The minimum absolute atomic E-state index is 0.119. The van der Waals surface area contributed by atoms with E-state index in [9.17, 15) is 4.79 Å². The van der Waals surface area contributed by atoms with Gasteiger partial charge in [-0.05, 0) is 36.1 Å². The molecule has 0 radical (unpaired) electrons. The minimum Gasteiger partial charge on any atom is -0.383 e. The predicted octanol–water partition coefficient (Wildman–Crippen LogP) is 1.14. The van der Waals surface area contributed by atoms with Crippen molar-refractivity contribution in [2.24, 2.45) is 0 Å². The van der Waals surface area contributed by atoms with E-state index in [0.29, 0.717) is 19.6 Å². The third kappa shape index (κ3) is 3.57. The summed E-state index contributed by atoms with van der Waals surface area (Å²) in [6.45, 7) is 3.13. The van der Waals surface area contributed by atoms with Crippen LogP contribution in [0, 0.1) is 0 Å². The fourth-order valence-corrected chi connectivity index (χ4v) is 3.74. The van der Waals surface area contributed by atoms with Gasteiger partial charge in [0, 0.05) is 27.3 Å². The zero-order valence-corrected chi connectivity index (χ0v) is 14.0. The summed E-state index contributed by atoms with van der Waals surface area (Å²) >= 11 is 0. The molecule has 2 aliphatic heterocycles. The smallest absolute Gasteiger partial charge is 0.227 e. The van der Waals surface area contributed by atoms with E-state index in [0.717, 1.165) is 25.9 Å². The lowest BCUT2D eigenvalue weighted by Crippen LogP contribution is -2.39. The first kappa shape index (κ1) is 16.4. The fourth-order valence-electron chi connectivity index (χ4n) is 3.74. The molecule has 2 aliphatic rings. The molecule has 1 aromatic rings. The summed E-state index contributed by atoms with van der Waals surface area (Å²) in [6.07, 6.45) is 2.45. The Hall–Kier alpha value is -1.43. The summed E-state index contributed by atoms with van der Waals surface area (Å²) in [5.74, 6) is 0.179. The Morgan fingerprint density at radius 3 is 3.04 bits per heavy atom. The van der Waals surface area contributed by atoms with Crippen LogP contribution in [-0.4, -0.2) is 56.9 Å². The second kappa shape index (κ2) is 7.43. The van der Waals surface area contributed by atoms with Gasteiger partial charge in [-0.3, -0.25) is 4.79 Å². The molecule has 5 heteroatoms. The number of carbonyl (C=O) groups is 1. The van der Waals surface area contributed by atoms with Gasteiger partial charge in [0.15, 0.2) is 0 Å².